The van der Waals surface area contributed by atoms with Crippen LogP contribution in [0.2, 0.25) is 0 Å². The van der Waals surface area contributed by atoms with E-state index in [9.17, 15) is 0 Å². The Morgan fingerprint density at radius 3 is 0.448 bits per heavy atom. The van der Waals surface area contributed by atoms with Crippen LogP contribution in [0, 0.1) is 0 Å². The van der Waals surface area contributed by atoms with Crippen molar-refractivity contribution in [2.24, 2.45) is 0 Å². The molecule has 96 heavy (non-hydrogen) atoms. The summed E-state index contributed by atoms with van der Waals surface area (Å²) >= 11 is 0. The van der Waals surface area contributed by atoms with Gasteiger partial charge < -0.3 is 161 Å². The van der Waals surface area contributed by atoms with Crippen LogP contribution in [0.3, 0.4) is 0 Å². The molecular weight excluding hydrogens is 1290 g/mol. The molecule has 21 aliphatic heterocycles. The summed E-state index contributed by atoms with van der Waals surface area (Å²) in [5, 5.41) is 0. The maximum Gasteiger partial charge on any atom is 0.187 e. The summed E-state index contributed by atoms with van der Waals surface area (Å²) in [6, 6.07) is 0. The lowest BCUT2D eigenvalue weighted by atomic mass is 9.94. The van der Waals surface area contributed by atoms with Crippen molar-refractivity contribution in [1.82, 2.24) is 0 Å². The van der Waals surface area contributed by atoms with E-state index in [1.807, 2.05) is 6.92 Å². The molecule has 21 saturated heterocycles. The van der Waals surface area contributed by atoms with E-state index in [1.165, 1.54) is 142 Å². The minimum atomic E-state index is -1.21. The molecule has 0 aromatic carbocycles. The van der Waals surface area contributed by atoms with Crippen LogP contribution in [-0.4, -0.2) is 397 Å². The summed E-state index contributed by atoms with van der Waals surface area (Å²) in [6.45, 7) is 1.66. The highest BCUT2D eigenvalue weighted by molar-refractivity contribution is 5.04. The zero-order chi connectivity index (χ0) is 69.5. The van der Waals surface area contributed by atoms with E-state index in [2.05, 4.69) is 0 Å². The summed E-state index contributed by atoms with van der Waals surface area (Å²) < 4.78 is 220. The number of hydrogen-bond donors (Lipinski definition) is 0. The van der Waals surface area contributed by atoms with Gasteiger partial charge in [0.2, 0.25) is 0 Å². The molecule has 35 atom stereocenters. The van der Waals surface area contributed by atoms with Gasteiger partial charge in [0, 0.05) is 142 Å². The summed E-state index contributed by atoms with van der Waals surface area (Å²) in [5.41, 5.74) is 0. The normalized spacial score (nSPS) is 46.8. The molecule has 14 bridgehead atoms. The molecule has 21 aliphatic rings. The standard InChI is InChI=1S/C62H110O34/c1-28-35-42(69-8)49(76-15)56(83-28)91-36-29(22-63-2)85-58(51(78-17)43(36)70-9)93-38-31(24-65-4)87-60(53(80-19)45(38)72-11)95-40-33(26-67-6)89-62(55(82-21)47(40)74-13)96-41-34(27-68-7)88-61(54(81-20)48(41)75-14)94-39-32(25-66-5)86-59(52(79-18)46(39)73-12)92-37-30(23-64-3)84-57(90-35)50(77-16)44(37)71-10/h28-62H,22-27H2,1-21H3/t28?,29?,30?,31?,32?,33?,34?,35-,36-,37-,38-,39-,40-,41-,42?,43?,44?,45?,46?,47?,48?,49?,50?,51?,52?,53?,54?,55?,56+,57-,58+,59+,60-,61-,62+/m1/s1. The second-order valence-electron chi connectivity index (χ2n) is 24.2. The quantitative estimate of drug-likeness (QED) is 0.0990. The van der Waals surface area contributed by atoms with Crippen LogP contribution < -0.4 is 0 Å². The van der Waals surface area contributed by atoms with Gasteiger partial charge in [-0.25, -0.2) is 0 Å². The van der Waals surface area contributed by atoms with E-state index in [4.69, 9.17) is 161 Å². The highest BCUT2D eigenvalue weighted by Crippen LogP contribution is 2.43. The summed E-state index contributed by atoms with van der Waals surface area (Å²) in [5.74, 6) is 0. The van der Waals surface area contributed by atoms with Crippen molar-refractivity contribution in [3.05, 3.63) is 0 Å². The van der Waals surface area contributed by atoms with Crippen molar-refractivity contribution in [1.29, 1.82) is 0 Å². The maximum atomic E-state index is 7.02. The number of hydrogen-bond acceptors (Lipinski definition) is 34. The van der Waals surface area contributed by atoms with E-state index >= 15 is 0 Å². The lowest BCUT2D eigenvalue weighted by Gasteiger charge is -2.52. The molecule has 0 spiro atoms. The fourth-order valence-electron chi connectivity index (χ4n) is 14.7. The Balaban J connectivity index is 1.22. The van der Waals surface area contributed by atoms with E-state index < -0.39 is 215 Å². The summed E-state index contributed by atoms with van der Waals surface area (Å²) in [4.78, 5) is 0. The topological polar surface area (TPSA) is 314 Å². The minimum absolute atomic E-state index is 0.0162. The number of ether oxygens (including phenoxy) is 34. The highest BCUT2D eigenvalue weighted by atomic mass is 16.8. The number of rotatable bonds is 26. The van der Waals surface area contributed by atoms with E-state index in [1.54, 1.807) is 0 Å². The Morgan fingerprint density at radius 2 is 0.302 bits per heavy atom. The molecular formula is C62H110O34. The Labute approximate surface area is 563 Å². The van der Waals surface area contributed by atoms with Gasteiger partial charge in [0.15, 0.2) is 44.0 Å². The molecule has 21 unspecified atom stereocenters. The number of methoxy groups -OCH3 is 20. The fourth-order valence-corrected chi connectivity index (χ4v) is 14.7. The Kier molecular flexibility index (Phi) is 32.6. The van der Waals surface area contributed by atoms with E-state index in [0.717, 1.165) is 0 Å². The highest BCUT2D eigenvalue weighted by Gasteiger charge is 2.62. The van der Waals surface area contributed by atoms with Crippen molar-refractivity contribution in [3.63, 3.8) is 0 Å². The second-order valence-corrected chi connectivity index (χ2v) is 24.2. The van der Waals surface area contributed by atoms with Crippen molar-refractivity contribution >= 4 is 0 Å². The fraction of sp³-hybridized carbons (Fsp3) is 1.00. The van der Waals surface area contributed by atoms with Crippen molar-refractivity contribution in [3.8, 4) is 0 Å². The van der Waals surface area contributed by atoms with E-state index in [0.29, 0.717) is 0 Å². The minimum Gasteiger partial charge on any atom is -0.382 e. The van der Waals surface area contributed by atoms with Crippen molar-refractivity contribution in [2.75, 3.05) is 182 Å². The molecule has 21 heterocycles. The molecule has 0 radical (unpaired) electrons. The van der Waals surface area contributed by atoms with Crippen LogP contribution in [-0.2, 0) is 161 Å². The third-order valence-electron chi connectivity index (χ3n) is 19.1. The first-order valence-corrected chi connectivity index (χ1v) is 32.2. The third kappa shape index (κ3) is 17.2. The predicted octanol–water partition coefficient (Wildman–Crippen LogP) is -1.12. The third-order valence-corrected chi connectivity index (χ3v) is 19.1. The van der Waals surface area contributed by atoms with Crippen LogP contribution >= 0.6 is 0 Å². The molecule has 34 heteroatoms. The maximum absolute atomic E-state index is 7.02. The molecule has 0 amide bonds. The zero-order valence-corrected chi connectivity index (χ0v) is 59.3. The van der Waals surface area contributed by atoms with Gasteiger partial charge in [-0.3, -0.25) is 0 Å². The first-order valence-electron chi connectivity index (χ1n) is 32.2. The van der Waals surface area contributed by atoms with Gasteiger partial charge in [-0.1, -0.05) is 0 Å². The molecule has 21 fully saturated rings. The zero-order valence-electron chi connectivity index (χ0n) is 59.3. The van der Waals surface area contributed by atoms with Crippen LogP contribution in [0.15, 0.2) is 0 Å². The average Bonchev–Trinajstić information content (AvgIpc) is 0.770. The largest absolute Gasteiger partial charge is 0.382 e. The molecule has 562 valence electrons. The molecule has 0 N–H and O–H groups in total. The van der Waals surface area contributed by atoms with Gasteiger partial charge in [0.1, 0.15) is 165 Å². The summed E-state index contributed by atoms with van der Waals surface area (Å²) in [6.07, 6.45) is -34.9. The average molecular weight is 1400 g/mol. The molecule has 0 saturated carbocycles. The van der Waals surface area contributed by atoms with E-state index in [-0.39, 0.29) is 39.6 Å². The van der Waals surface area contributed by atoms with Crippen LogP contribution in [0.25, 0.3) is 0 Å². The monoisotopic (exact) mass is 1400 g/mol. The van der Waals surface area contributed by atoms with Crippen LogP contribution in [0.4, 0.5) is 0 Å². The van der Waals surface area contributed by atoms with Gasteiger partial charge in [0.05, 0.1) is 45.7 Å². The first kappa shape index (κ1) is 80.3. The Bertz CT molecular complexity index is 2150. The second kappa shape index (κ2) is 39.0. The van der Waals surface area contributed by atoms with Gasteiger partial charge in [0.25, 0.3) is 0 Å². The molecule has 0 aliphatic carbocycles. The van der Waals surface area contributed by atoms with Crippen molar-refractivity contribution in [2.45, 2.75) is 222 Å². The lowest BCUT2D eigenvalue weighted by molar-refractivity contribution is -0.402. The predicted molar refractivity (Wildman–Crippen MR) is 323 cm³/mol. The SMILES string of the molecule is COCC1O[C@H]2O[C@@H]3C(COC)O[C@H](O[C@@H]4C(COC)O[C@@H](O[C@@H]5C(COC)O[C@H](O[C@@H]6C(COC)O[C@@H](O[C@@H]7C(COC)O[C@H](O[C@@H]8C(C)O[C@@H](O[C@H]1C(OC)C2OC)C(OC)C8OC)C(OC)C7OC)C(OC)C6OC)C(OC)C5OC)C(OC)C4OC)C(OC)C3OC. The Hall–Kier alpha value is -1.36. The first-order chi connectivity index (χ1) is 46.6. The van der Waals surface area contributed by atoms with Crippen LogP contribution in [0.1, 0.15) is 6.92 Å². The molecule has 0 aromatic heterocycles. The van der Waals surface area contributed by atoms with Gasteiger partial charge in [-0.15, -0.1) is 0 Å². The van der Waals surface area contributed by atoms with Crippen molar-refractivity contribution < 1.29 is 161 Å². The Morgan fingerprint density at radius 1 is 0.167 bits per heavy atom. The molecule has 0 aromatic rings. The molecule has 21 rings (SSSR count). The smallest absolute Gasteiger partial charge is 0.187 e. The lowest BCUT2D eigenvalue weighted by Crippen LogP contribution is -2.69. The summed E-state index contributed by atoms with van der Waals surface area (Å²) in [7, 11) is 30.3. The van der Waals surface area contributed by atoms with Gasteiger partial charge in [-0.2, -0.15) is 0 Å². The van der Waals surface area contributed by atoms with Gasteiger partial charge in [-0.05, 0) is 6.92 Å². The van der Waals surface area contributed by atoms with Crippen LogP contribution in [0.5, 0.6) is 0 Å². The molecule has 34 nitrogen and oxygen atoms in total. The van der Waals surface area contributed by atoms with Gasteiger partial charge >= 0.3 is 0 Å².